The van der Waals surface area contributed by atoms with E-state index < -0.39 is 5.97 Å². The third kappa shape index (κ3) is 1.25. The fraction of sp³-hybridized carbons (Fsp3) is 0. The zero-order valence-corrected chi connectivity index (χ0v) is 7.08. The van der Waals surface area contributed by atoms with Crippen LogP contribution in [0.2, 0.25) is 5.02 Å². The van der Waals surface area contributed by atoms with Crippen molar-refractivity contribution in [1.82, 2.24) is 4.98 Å². The summed E-state index contributed by atoms with van der Waals surface area (Å²) < 4.78 is 4.92. The van der Waals surface area contributed by atoms with Gasteiger partial charge in [-0.25, -0.2) is 9.78 Å². The lowest BCUT2D eigenvalue weighted by molar-refractivity contribution is 0.0656. The van der Waals surface area contributed by atoms with E-state index in [4.69, 9.17) is 21.1 Å². The van der Waals surface area contributed by atoms with Gasteiger partial charge in [0.2, 0.25) is 0 Å². The van der Waals surface area contributed by atoms with Gasteiger partial charge in [0.15, 0.2) is 5.58 Å². The zero-order chi connectivity index (χ0) is 9.42. The van der Waals surface area contributed by atoms with Gasteiger partial charge in [0, 0.05) is 0 Å². The van der Waals surface area contributed by atoms with Gasteiger partial charge in [0.05, 0.1) is 5.02 Å². The molecule has 5 heteroatoms. The summed E-state index contributed by atoms with van der Waals surface area (Å²) >= 11 is 5.75. The van der Waals surface area contributed by atoms with Crippen molar-refractivity contribution < 1.29 is 14.3 Å². The number of para-hydroxylation sites is 1. The molecule has 0 radical (unpaired) electrons. The van der Waals surface area contributed by atoms with E-state index in [1.807, 2.05) is 0 Å². The van der Waals surface area contributed by atoms with Crippen molar-refractivity contribution >= 4 is 28.7 Å². The van der Waals surface area contributed by atoms with Gasteiger partial charge in [-0.1, -0.05) is 17.7 Å². The number of fused-ring (bicyclic) bond motifs is 1. The van der Waals surface area contributed by atoms with E-state index in [1.165, 1.54) is 0 Å². The molecule has 0 spiro atoms. The van der Waals surface area contributed by atoms with E-state index in [0.717, 1.165) is 0 Å². The SMILES string of the molecule is O=C(O)c1nc2cccc(Cl)c2o1. The van der Waals surface area contributed by atoms with Crippen LogP contribution in [-0.4, -0.2) is 16.1 Å². The second-order valence-corrected chi connectivity index (χ2v) is 2.82. The molecule has 1 aromatic carbocycles. The largest absolute Gasteiger partial charge is 0.474 e. The van der Waals surface area contributed by atoms with E-state index in [0.29, 0.717) is 16.1 Å². The van der Waals surface area contributed by atoms with Crippen LogP contribution in [0.3, 0.4) is 0 Å². The molecule has 1 N–H and O–H groups in total. The Bertz CT molecular complexity index is 477. The molecule has 0 aliphatic heterocycles. The molecule has 1 heterocycles. The van der Waals surface area contributed by atoms with Crippen LogP contribution in [0.1, 0.15) is 10.7 Å². The highest BCUT2D eigenvalue weighted by Crippen LogP contribution is 2.23. The predicted octanol–water partition coefficient (Wildman–Crippen LogP) is 2.18. The molecule has 0 saturated carbocycles. The van der Waals surface area contributed by atoms with Crippen molar-refractivity contribution in [3.8, 4) is 0 Å². The standard InChI is InChI=1S/C8H4ClNO3/c9-4-2-1-3-5-6(4)13-7(10-5)8(11)12/h1-3H,(H,11,12). The lowest BCUT2D eigenvalue weighted by atomic mass is 10.3. The number of benzene rings is 1. The normalized spacial score (nSPS) is 10.5. The van der Waals surface area contributed by atoms with Gasteiger partial charge in [-0.05, 0) is 12.1 Å². The minimum Gasteiger partial charge on any atom is -0.474 e. The highest BCUT2D eigenvalue weighted by atomic mass is 35.5. The number of carboxylic acids is 1. The Morgan fingerprint density at radius 2 is 2.31 bits per heavy atom. The summed E-state index contributed by atoms with van der Waals surface area (Å²) in [5, 5.41) is 8.94. The average Bonchev–Trinajstić information content (AvgIpc) is 2.49. The molecular weight excluding hydrogens is 194 g/mol. The topological polar surface area (TPSA) is 63.3 Å². The first kappa shape index (κ1) is 8.07. The Balaban J connectivity index is 2.75. The molecule has 0 bridgehead atoms. The van der Waals surface area contributed by atoms with Gasteiger partial charge in [-0.15, -0.1) is 0 Å². The average molecular weight is 198 g/mol. The summed E-state index contributed by atoms with van der Waals surface area (Å²) in [4.78, 5) is 14.2. The number of rotatable bonds is 1. The number of aromatic nitrogens is 1. The Hall–Kier alpha value is -1.55. The second kappa shape index (κ2) is 2.74. The summed E-state index contributed by atoms with van der Waals surface area (Å²) in [6, 6.07) is 4.93. The van der Waals surface area contributed by atoms with Crippen LogP contribution in [-0.2, 0) is 0 Å². The van der Waals surface area contributed by atoms with Crippen LogP contribution in [0.15, 0.2) is 22.6 Å². The highest BCUT2D eigenvalue weighted by Gasteiger charge is 2.13. The second-order valence-electron chi connectivity index (χ2n) is 2.41. The molecule has 0 atom stereocenters. The van der Waals surface area contributed by atoms with Crippen molar-refractivity contribution in [1.29, 1.82) is 0 Å². The highest BCUT2D eigenvalue weighted by molar-refractivity contribution is 6.34. The predicted molar refractivity (Wildman–Crippen MR) is 46.0 cm³/mol. The summed E-state index contributed by atoms with van der Waals surface area (Å²) in [6.07, 6.45) is 0. The fourth-order valence-electron chi connectivity index (χ4n) is 1.01. The van der Waals surface area contributed by atoms with Crippen LogP contribution < -0.4 is 0 Å². The minimum absolute atomic E-state index is 0.307. The Morgan fingerprint density at radius 1 is 1.54 bits per heavy atom. The van der Waals surface area contributed by atoms with Gasteiger partial charge in [0.1, 0.15) is 5.52 Å². The maximum absolute atomic E-state index is 10.5. The number of carboxylic acid groups (broad SMARTS) is 1. The number of carbonyl (C=O) groups is 1. The first-order valence-electron chi connectivity index (χ1n) is 3.47. The third-order valence-electron chi connectivity index (χ3n) is 1.55. The van der Waals surface area contributed by atoms with E-state index in [2.05, 4.69) is 4.98 Å². The molecule has 66 valence electrons. The maximum Gasteiger partial charge on any atom is 0.392 e. The Labute approximate surface area is 77.8 Å². The van der Waals surface area contributed by atoms with Crippen molar-refractivity contribution in [2.45, 2.75) is 0 Å². The fourth-order valence-corrected chi connectivity index (χ4v) is 1.22. The number of hydrogen-bond donors (Lipinski definition) is 1. The molecule has 1 aromatic heterocycles. The summed E-state index contributed by atoms with van der Waals surface area (Å²) in [6.45, 7) is 0. The molecule has 4 nitrogen and oxygen atoms in total. The molecule has 0 unspecified atom stereocenters. The minimum atomic E-state index is -1.20. The number of halogens is 1. The monoisotopic (exact) mass is 197 g/mol. The lowest BCUT2D eigenvalue weighted by Gasteiger charge is -1.87. The van der Waals surface area contributed by atoms with Crippen LogP contribution in [0.25, 0.3) is 11.1 Å². The summed E-state index contributed by atoms with van der Waals surface area (Å²) in [5.74, 6) is -1.55. The summed E-state index contributed by atoms with van der Waals surface area (Å²) in [7, 11) is 0. The first-order chi connectivity index (χ1) is 6.18. The van der Waals surface area contributed by atoms with Crippen molar-refractivity contribution in [3.63, 3.8) is 0 Å². The van der Waals surface area contributed by atoms with Gasteiger partial charge in [-0.2, -0.15) is 0 Å². The van der Waals surface area contributed by atoms with Gasteiger partial charge >= 0.3 is 11.9 Å². The quantitative estimate of drug-likeness (QED) is 0.761. The molecule has 2 aromatic rings. The number of oxazole rings is 1. The van der Waals surface area contributed by atoms with Gasteiger partial charge in [0.25, 0.3) is 0 Å². The number of nitrogens with zero attached hydrogens (tertiary/aromatic N) is 1. The molecule has 0 aliphatic rings. The molecule has 0 aliphatic carbocycles. The van der Waals surface area contributed by atoms with Crippen molar-refractivity contribution in [2.75, 3.05) is 0 Å². The van der Waals surface area contributed by atoms with Gasteiger partial charge in [-0.3, -0.25) is 0 Å². The molecule has 0 amide bonds. The molecule has 0 fully saturated rings. The summed E-state index contributed by atoms with van der Waals surface area (Å²) in [5.41, 5.74) is 0.756. The first-order valence-corrected chi connectivity index (χ1v) is 3.84. The van der Waals surface area contributed by atoms with E-state index >= 15 is 0 Å². The third-order valence-corrected chi connectivity index (χ3v) is 1.85. The molecular formula is C8H4ClNO3. The Morgan fingerprint density at radius 3 is 2.92 bits per heavy atom. The number of aromatic carboxylic acids is 1. The van der Waals surface area contributed by atoms with E-state index in [-0.39, 0.29) is 5.89 Å². The lowest BCUT2D eigenvalue weighted by Crippen LogP contribution is -1.94. The van der Waals surface area contributed by atoms with Crippen molar-refractivity contribution in [3.05, 3.63) is 29.1 Å². The van der Waals surface area contributed by atoms with Crippen LogP contribution in [0.5, 0.6) is 0 Å². The smallest absolute Gasteiger partial charge is 0.392 e. The van der Waals surface area contributed by atoms with Crippen LogP contribution >= 0.6 is 11.6 Å². The van der Waals surface area contributed by atoms with Crippen LogP contribution in [0, 0.1) is 0 Å². The maximum atomic E-state index is 10.5. The molecule has 13 heavy (non-hydrogen) atoms. The van der Waals surface area contributed by atoms with Gasteiger partial charge < -0.3 is 9.52 Å². The van der Waals surface area contributed by atoms with Crippen LogP contribution in [0.4, 0.5) is 0 Å². The van der Waals surface area contributed by atoms with Crippen molar-refractivity contribution in [2.24, 2.45) is 0 Å². The molecule has 0 saturated heterocycles. The zero-order valence-electron chi connectivity index (χ0n) is 6.32. The molecule has 2 rings (SSSR count). The number of hydrogen-bond acceptors (Lipinski definition) is 3. The Kier molecular flexibility index (Phi) is 1.70. The van der Waals surface area contributed by atoms with E-state index in [9.17, 15) is 4.79 Å². The van der Waals surface area contributed by atoms with E-state index in [1.54, 1.807) is 18.2 Å².